The van der Waals surface area contributed by atoms with Crippen LogP contribution in [0.5, 0.6) is 0 Å². The number of carbonyl (C=O) groups is 2. The fraction of sp³-hybridized carbons (Fsp3) is 0.682. The van der Waals surface area contributed by atoms with Crippen molar-refractivity contribution < 1.29 is 14.3 Å². The Morgan fingerprint density at radius 3 is 2.57 bits per heavy atom. The number of aryl methyl sites for hydroxylation is 1. The van der Waals surface area contributed by atoms with Gasteiger partial charge in [-0.1, -0.05) is 6.07 Å². The molecule has 0 spiro atoms. The molecule has 28 heavy (non-hydrogen) atoms. The Morgan fingerprint density at radius 2 is 1.93 bits per heavy atom. The minimum Gasteiger partial charge on any atom is -0.459 e. The number of nitrogens with one attached hydrogen (secondary N) is 1. The lowest BCUT2D eigenvalue weighted by Gasteiger charge is -2.31. The molecule has 156 valence electrons. The summed E-state index contributed by atoms with van der Waals surface area (Å²) in [6.07, 6.45) is 5.10. The van der Waals surface area contributed by atoms with Crippen LogP contribution in [0.4, 0.5) is 5.82 Å². The van der Waals surface area contributed by atoms with Crippen LogP contribution in [-0.4, -0.2) is 53.9 Å². The quantitative estimate of drug-likeness (QED) is 0.515. The number of ketones is 1. The van der Waals surface area contributed by atoms with E-state index in [1.807, 2.05) is 46.0 Å². The van der Waals surface area contributed by atoms with E-state index in [1.165, 1.54) is 0 Å². The van der Waals surface area contributed by atoms with Gasteiger partial charge in [-0.2, -0.15) is 0 Å². The highest BCUT2D eigenvalue weighted by Crippen LogP contribution is 2.21. The Balaban J connectivity index is 1.63. The average molecular weight is 390 g/mol. The van der Waals surface area contributed by atoms with Crippen molar-refractivity contribution in [2.45, 2.75) is 64.9 Å². The topological polar surface area (TPSA) is 71.5 Å². The Hall–Kier alpha value is -1.95. The van der Waals surface area contributed by atoms with Crippen molar-refractivity contribution in [3.05, 3.63) is 23.9 Å². The van der Waals surface area contributed by atoms with Crippen molar-refractivity contribution in [3.8, 4) is 0 Å². The van der Waals surface area contributed by atoms with Crippen LogP contribution in [0.25, 0.3) is 0 Å². The normalized spacial score (nSPS) is 16.0. The molecule has 1 N–H and O–H groups in total. The summed E-state index contributed by atoms with van der Waals surface area (Å²) in [5, 5.41) is 3.05. The second-order valence-electron chi connectivity index (χ2n) is 8.57. The van der Waals surface area contributed by atoms with Gasteiger partial charge in [0.2, 0.25) is 0 Å². The summed E-state index contributed by atoms with van der Waals surface area (Å²) < 4.78 is 5.37. The van der Waals surface area contributed by atoms with Gasteiger partial charge in [0.15, 0.2) is 0 Å². The molecule has 0 radical (unpaired) electrons. The van der Waals surface area contributed by atoms with Crippen LogP contribution in [0, 0.1) is 5.92 Å². The summed E-state index contributed by atoms with van der Waals surface area (Å²) in [6, 6.07) is 5.98. The Labute approximate surface area is 169 Å². The van der Waals surface area contributed by atoms with E-state index in [9.17, 15) is 9.59 Å². The maximum atomic E-state index is 12.5. The molecule has 1 fully saturated rings. The first-order valence-electron chi connectivity index (χ1n) is 10.4. The molecular weight excluding hydrogens is 354 g/mol. The Kier molecular flexibility index (Phi) is 8.42. The second kappa shape index (κ2) is 10.6. The molecule has 6 nitrogen and oxygen atoms in total. The van der Waals surface area contributed by atoms with Crippen LogP contribution < -0.4 is 5.32 Å². The maximum Gasteiger partial charge on any atom is 0.320 e. The number of nitrogens with zero attached hydrogens (tertiary/aromatic N) is 2. The zero-order chi connectivity index (χ0) is 20.6. The van der Waals surface area contributed by atoms with Crippen molar-refractivity contribution in [1.82, 2.24) is 9.88 Å². The number of pyridine rings is 1. The zero-order valence-corrected chi connectivity index (χ0v) is 17.8. The largest absolute Gasteiger partial charge is 0.459 e. The highest BCUT2D eigenvalue weighted by molar-refractivity contribution is 5.81. The van der Waals surface area contributed by atoms with Gasteiger partial charge in [0, 0.05) is 25.1 Å². The number of rotatable bonds is 9. The van der Waals surface area contributed by atoms with Crippen LogP contribution in [-0.2, 0) is 20.7 Å². The van der Waals surface area contributed by atoms with Gasteiger partial charge >= 0.3 is 5.97 Å². The van der Waals surface area contributed by atoms with Gasteiger partial charge in [0.05, 0.1) is 6.54 Å². The smallest absolute Gasteiger partial charge is 0.320 e. The van der Waals surface area contributed by atoms with E-state index in [2.05, 4.69) is 15.2 Å². The van der Waals surface area contributed by atoms with Crippen molar-refractivity contribution in [2.24, 2.45) is 5.92 Å². The van der Waals surface area contributed by atoms with Crippen LogP contribution in [0.2, 0.25) is 0 Å². The first-order valence-corrected chi connectivity index (χ1v) is 10.4. The lowest BCUT2D eigenvalue weighted by atomic mass is 9.90. The monoisotopic (exact) mass is 389 g/mol. The second-order valence-corrected chi connectivity index (χ2v) is 8.57. The predicted molar refractivity (Wildman–Crippen MR) is 111 cm³/mol. The Morgan fingerprint density at radius 1 is 1.21 bits per heavy atom. The summed E-state index contributed by atoms with van der Waals surface area (Å²) >= 11 is 0. The summed E-state index contributed by atoms with van der Waals surface area (Å²) in [4.78, 5) is 31.0. The molecule has 2 rings (SSSR count). The van der Waals surface area contributed by atoms with E-state index in [4.69, 9.17) is 4.74 Å². The molecule has 1 aliphatic rings. The number of piperidine rings is 1. The number of likely N-dealkylation sites (tertiary alicyclic amines) is 1. The van der Waals surface area contributed by atoms with Crippen molar-refractivity contribution in [3.63, 3.8) is 0 Å². The zero-order valence-electron chi connectivity index (χ0n) is 17.8. The van der Waals surface area contributed by atoms with Gasteiger partial charge in [-0.15, -0.1) is 0 Å². The highest BCUT2D eigenvalue weighted by atomic mass is 16.6. The minimum atomic E-state index is -0.449. The lowest BCUT2D eigenvalue weighted by molar-refractivity contribution is -0.156. The van der Waals surface area contributed by atoms with Gasteiger partial charge < -0.3 is 10.1 Å². The molecule has 0 saturated carbocycles. The van der Waals surface area contributed by atoms with E-state index in [1.54, 1.807) is 0 Å². The van der Waals surface area contributed by atoms with Gasteiger partial charge in [0.25, 0.3) is 0 Å². The van der Waals surface area contributed by atoms with E-state index in [0.717, 1.165) is 56.7 Å². The van der Waals surface area contributed by atoms with Crippen LogP contribution >= 0.6 is 0 Å². The predicted octanol–water partition coefficient (Wildman–Crippen LogP) is 3.46. The van der Waals surface area contributed by atoms with Gasteiger partial charge in [-0.05, 0) is 78.1 Å². The number of Topliss-reactive ketones (excluding diaryl/α,β-unsaturated/α-hetero) is 1. The fourth-order valence-electron chi connectivity index (χ4n) is 3.54. The number of hydrogen-bond acceptors (Lipinski definition) is 6. The standard InChI is InChI=1S/C22H35N3O3/c1-22(2,3)28-21(27)16-25-14-12-17(13-15-25)19(26)10-6-5-8-18-9-7-11-20(23-4)24-18/h7,9,11,17H,5-6,8,10,12-16H2,1-4H3,(H,23,24). The summed E-state index contributed by atoms with van der Waals surface area (Å²) in [5.74, 6) is 1.20. The van der Waals surface area contributed by atoms with Gasteiger partial charge in [-0.3, -0.25) is 14.5 Å². The number of carbonyl (C=O) groups excluding carboxylic acids is 2. The minimum absolute atomic E-state index is 0.139. The number of anilines is 1. The van der Waals surface area contributed by atoms with Crippen LogP contribution in [0.15, 0.2) is 18.2 Å². The molecule has 1 aliphatic heterocycles. The summed E-state index contributed by atoms with van der Waals surface area (Å²) in [7, 11) is 1.86. The third-order valence-corrected chi connectivity index (χ3v) is 4.98. The maximum absolute atomic E-state index is 12.5. The van der Waals surface area contributed by atoms with E-state index in [0.29, 0.717) is 18.7 Å². The molecule has 1 aromatic rings. The number of unbranched alkanes of at least 4 members (excludes halogenated alkanes) is 1. The number of ether oxygens (including phenoxy) is 1. The molecule has 0 aromatic carbocycles. The van der Waals surface area contributed by atoms with Crippen LogP contribution in [0.1, 0.15) is 58.6 Å². The van der Waals surface area contributed by atoms with Crippen molar-refractivity contribution in [1.29, 1.82) is 0 Å². The van der Waals surface area contributed by atoms with E-state index >= 15 is 0 Å². The van der Waals surface area contributed by atoms with Gasteiger partial charge in [0.1, 0.15) is 17.2 Å². The molecule has 1 saturated heterocycles. The molecule has 0 amide bonds. The summed E-state index contributed by atoms with van der Waals surface area (Å²) in [5.41, 5.74) is 0.615. The molecule has 0 aliphatic carbocycles. The first kappa shape index (κ1) is 22.3. The lowest BCUT2D eigenvalue weighted by Crippen LogP contribution is -2.41. The molecule has 0 atom stereocenters. The molecule has 6 heteroatoms. The van der Waals surface area contributed by atoms with E-state index in [-0.39, 0.29) is 11.9 Å². The SMILES string of the molecule is CNc1cccc(CCCCC(=O)C2CCN(CC(=O)OC(C)(C)C)CC2)n1. The van der Waals surface area contributed by atoms with Crippen molar-refractivity contribution >= 4 is 17.6 Å². The number of aromatic nitrogens is 1. The fourth-order valence-corrected chi connectivity index (χ4v) is 3.54. The van der Waals surface area contributed by atoms with E-state index < -0.39 is 5.60 Å². The third kappa shape index (κ3) is 7.97. The summed E-state index contributed by atoms with van der Waals surface area (Å²) in [6.45, 7) is 7.53. The first-order chi connectivity index (χ1) is 13.3. The number of esters is 1. The average Bonchev–Trinajstić information content (AvgIpc) is 2.64. The molecule has 0 unspecified atom stereocenters. The van der Waals surface area contributed by atoms with Gasteiger partial charge in [-0.25, -0.2) is 4.98 Å². The molecule has 2 heterocycles. The van der Waals surface area contributed by atoms with Crippen LogP contribution in [0.3, 0.4) is 0 Å². The highest BCUT2D eigenvalue weighted by Gasteiger charge is 2.26. The molecular formula is C22H35N3O3. The van der Waals surface area contributed by atoms with Crippen molar-refractivity contribution in [2.75, 3.05) is 32.0 Å². The number of hydrogen-bond donors (Lipinski definition) is 1. The third-order valence-electron chi connectivity index (χ3n) is 4.98. The molecule has 0 bridgehead atoms. The Bertz CT molecular complexity index is 647. The molecule has 1 aromatic heterocycles.